The molecule has 0 fully saturated rings. The molecule has 3 aromatic heterocycles. The number of nitrogens with one attached hydrogen (secondary N) is 1. The molecule has 0 saturated carbocycles. The topological polar surface area (TPSA) is 114 Å². The fourth-order valence-corrected chi connectivity index (χ4v) is 5.62. The molecule has 5 rings (SSSR count). The van der Waals surface area contributed by atoms with Gasteiger partial charge in [-0.05, 0) is 60.9 Å². The summed E-state index contributed by atoms with van der Waals surface area (Å²) in [5.41, 5.74) is 9.66. The maximum Gasteiger partial charge on any atom is 0.129 e. The number of hydrogen-bond acceptors (Lipinski definition) is 10. The summed E-state index contributed by atoms with van der Waals surface area (Å²) >= 11 is 0. The van der Waals surface area contributed by atoms with Crippen molar-refractivity contribution < 1.29 is 28.5 Å². The van der Waals surface area contributed by atoms with Crippen molar-refractivity contribution >= 4 is 24.1 Å². The van der Waals surface area contributed by atoms with E-state index < -0.39 is 0 Å². The number of benzene rings is 2. The molecule has 0 bridgehead atoms. The average molecular weight is 731 g/mol. The quantitative estimate of drug-likeness (QED) is 0.0492. The van der Waals surface area contributed by atoms with Gasteiger partial charge in [0.05, 0.1) is 70.8 Å². The Labute approximate surface area is 318 Å². The van der Waals surface area contributed by atoms with Crippen LogP contribution in [0.15, 0.2) is 97.6 Å². The third-order valence-corrected chi connectivity index (χ3v) is 8.28. The van der Waals surface area contributed by atoms with Crippen molar-refractivity contribution in [1.29, 1.82) is 0 Å². The van der Waals surface area contributed by atoms with Crippen molar-refractivity contribution in [1.82, 2.24) is 15.0 Å². The van der Waals surface area contributed by atoms with Crippen molar-refractivity contribution in [3.8, 4) is 39.4 Å². The Morgan fingerprint density at radius 3 is 2.09 bits per heavy atom. The first-order chi connectivity index (χ1) is 26.7. The van der Waals surface area contributed by atoms with Crippen LogP contribution >= 0.6 is 0 Å². The van der Waals surface area contributed by atoms with Crippen molar-refractivity contribution in [3.63, 3.8) is 0 Å². The lowest BCUT2D eigenvalue weighted by Gasteiger charge is -2.16. The van der Waals surface area contributed by atoms with E-state index in [4.69, 9.17) is 33.7 Å². The normalized spacial score (nSPS) is 11.2. The third-order valence-electron chi connectivity index (χ3n) is 8.28. The first-order valence-corrected chi connectivity index (χ1v) is 18.5. The van der Waals surface area contributed by atoms with Gasteiger partial charge in [-0.25, -0.2) is 0 Å². The molecular weight excluding hydrogens is 681 g/mol. The number of aromatic nitrogens is 3. The summed E-state index contributed by atoms with van der Waals surface area (Å²) in [5.74, 6) is 0.789. The van der Waals surface area contributed by atoms with Crippen molar-refractivity contribution in [2.24, 2.45) is 0 Å². The molecule has 0 aliphatic carbocycles. The average Bonchev–Trinajstić information content (AvgIpc) is 3.21. The van der Waals surface area contributed by atoms with E-state index in [-0.39, 0.29) is 0 Å². The molecule has 54 heavy (non-hydrogen) atoms. The zero-order valence-corrected chi connectivity index (χ0v) is 31.2. The Kier molecular flexibility index (Phi) is 16.8. The van der Waals surface area contributed by atoms with E-state index >= 15 is 0 Å². The number of aryl methyl sites for hydroxylation is 1. The van der Waals surface area contributed by atoms with Crippen LogP contribution in [-0.2, 0) is 23.7 Å². The number of carbonyl (C=O) groups excluding carboxylic acids is 1. The van der Waals surface area contributed by atoms with Crippen LogP contribution in [0, 0.1) is 6.92 Å². The molecule has 10 nitrogen and oxygen atoms in total. The van der Waals surface area contributed by atoms with Crippen LogP contribution in [0.25, 0.3) is 45.8 Å². The highest BCUT2D eigenvalue weighted by Crippen LogP contribution is 2.36. The predicted molar refractivity (Wildman–Crippen MR) is 214 cm³/mol. The molecule has 0 atom stereocenters. The van der Waals surface area contributed by atoms with Gasteiger partial charge in [-0.3, -0.25) is 15.0 Å². The molecule has 5 aromatic rings. The summed E-state index contributed by atoms with van der Waals surface area (Å²) in [6.07, 6.45) is 13.8. The van der Waals surface area contributed by atoms with Crippen LogP contribution in [-0.4, -0.2) is 87.2 Å². The summed E-state index contributed by atoms with van der Waals surface area (Å²) in [7, 11) is 0. The molecule has 0 radical (unpaired) electrons. The highest BCUT2D eigenvalue weighted by molar-refractivity contribution is 5.83. The number of hydrogen-bond donors (Lipinski definition) is 1. The van der Waals surface area contributed by atoms with Crippen LogP contribution < -0.4 is 10.1 Å². The van der Waals surface area contributed by atoms with Crippen molar-refractivity contribution in [2.75, 3.05) is 71.3 Å². The second kappa shape index (κ2) is 22.7. The van der Waals surface area contributed by atoms with Crippen LogP contribution in [0.5, 0.6) is 5.75 Å². The van der Waals surface area contributed by atoms with E-state index in [0.29, 0.717) is 72.4 Å². The van der Waals surface area contributed by atoms with E-state index in [2.05, 4.69) is 72.7 Å². The minimum atomic E-state index is 0.408. The van der Waals surface area contributed by atoms with E-state index in [1.54, 1.807) is 6.20 Å². The molecule has 3 heterocycles. The number of carbonyl (C=O) groups is 1. The van der Waals surface area contributed by atoms with Gasteiger partial charge >= 0.3 is 0 Å². The Bertz CT molecular complexity index is 1890. The first-order valence-electron chi connectivity index (χ1n) is 18.5. The Morgan fingerprint density at radius 2 is 1.39 bits per heavy atom. The largest absolute Gasteiger partial charge is 0.493 e. The Balaban J connectivity index is 1.23. The van der Waals surface area contributed by atoms with Gasteiger partial charge in [0, 0.05) is 77.3 Å². The summed E-state index contributed by atoms with van der Waals surface area (Å²) in [6, 6.07) is 24.7. The van der Waals surface area contributed by atoms with Gasteiger partial charge in [-0.2, -0.15) is 0 Å². The van der Waals surface area contributed by atoms with Crippen LogP contribution in [0.3, 0.4) is 0 Å². The van der Waals surface area contributed by atoms with Gasteiger partial charge < -0.3 is 33.8 Å². The van der Waals surface area contributed by atoms with E-state index in [1.165, 1.54) is 0 Å². The second-order valence-corrected chi connectivity index (χ2v) is 12.4. The van der Waals surface area contributed by atoms with Crippen molar-refractivity contribution in [2.45, 2.75) is 26.7 Å². The summed E-state index contributed by atoms with van der Waals surface area (Å²) in [5, 5.41) is 3.45. The molecule has 10 heteroatoms. The van der Waals surface area contributed by atoms with E-state index in [9.17, 15) is 4.79 Å². The van der Waals surface area contributed by atoms with Crippen LogP contribution in [0.2, 0.25) is 0 Å². The monoisotopic (exact) mass is 730 g/mol. The zero-order valence-electron chi connectivity index (χ0n) is 31.2. The molecule has 2 aromatic carbocycles. The van der Waals surface area contributed by atoms with Crippen LogP contribution in [0.1, 0.15) is 36.5 Å². The lowest BCUT2D eigenvalue weighted by atomic mass is 9.98. The smallest absolute Gasteiger partial charge is 0.129 e. The standard InChI is InChI=1S/C44H50N4O6/c1-3-19-54-42-30-40(46-17-21-51-23-25-53-27-26-52-24-22-50-20-8-18-49)14-15-41(42)38-29-36(13-12-35-9-5-4-6-10-35)44(48-32-38)39-28-34(2)43(47-33-39)37-11-7-16-45-31-37/h4-7,9-16,18,28-33,46H,3,8,17,19-27H2,1-2H3/b13-12+. The van der Waals surface area contributed by atoms with Gasteiger partial charge in [0.25, 0.3) is 0 Å². The highest BCUT2D eigenvalue weighted by Gasteiger charge is 2.14. The Hall–Kier alpha value is -5.26. The van der Waals surface area contributed by atoms with Crippen LogP contribution in [0.4, 0.5) is 5.69 Å². The minimum absolute atomic E-state index is 0.408. The predicted octanol–water partition coefficient (Wildman–Crippen LogP) is 8.21. The van der Waals surface area contributed by atoms with E-state index in [0.717, 1.165) is 74.5 Å². The summed E-state index contributed by atoms with van der Waals surface area (Å²) < 4.78 is 28.3. The molecule has 0 amide bonds. The van der Waals surface area contributed by atoms with Gasteiger partial charge in [-0.1, -0.05) is 49.4 Å². The van der Waals surface area contributed by atoms with Gasteiger partial charge in [-0.15, -0.1) is 0 Å². The van der Waals surface area contributed by atoms with Gasteiger partial charge in [0.15, 0.2) is 0 Å². The van der Waals surface area contributed by atoms with Gasteiger partial charge in [0.1, 0.15) is 12.0 Å². The fraction of sp³-hybridized carbons (Fsp3) is 0.318. The first kappa shape index (κ1) is 39.9. The Morgan fingerprint density at radius 1 is 0.667 bits per heavy atom. The van der Waals surface area contributed by atoms with E-state index in [1.807, 2.05) is 55.0 Å². The second-order valence-electron chi connectivity index (χ2n) is 12.4. The number of nitrogens with zero attached hydrogens (tertiary/aromatic N) is 3. The lowest BCUT2D eigenvalue weighted by Crippen LogP contribution is -2.14. The zero-order chi connectivity index (χ0) is 37.6. The number of anilines is 1. The SMILES string of the molecule is CCCOc1cc(NCCOCCOCCOCCOCCC=O)ccc1-c1cnc(-c2cnc(-c3cccnc3)c(C)c2)c(/C=C/c2ccccc2)c1. The third kappa shape index (κ3) is 12.7. The molecular formula is C44H50N4O6. The molecule has 0 aliphatic rings. The van der Waals surface area contributed by atoms with Gasteiger partial charge in [0.2, 0.25) is 0 Å². The highest BCUT2D eigenvalue weighted by atomic mass is 16.6. The lowest BCUT2D eigenvalue weighted by molar-refractivity contribution is -0.108. The summed E-state index contributed by atoms with van der Waals surface area (Å²) in [6.45, 7) is 9.28. The molecule has 282 valence electrons. The maximum atomic E-state index is 10.3. The fourth-order valence-electron chi connectivity index (χ4n) is 5.62. The maximum absolute atomic E-state index is 10.3. The molecule has 0 aliphatic heterocycles. The molecule has 1 N–H and O–H groups in total. The molecule has 0 unspecified atom stereocenters. The van der Waals surface area contributed by atoms with Crippen molar-refractivity contribution in [3.05, 3.63) is 114 Å². The minimum Gasteiger partial charge on any atom is -0.493 e. The molecule has 0 spiro atoms. The summed E-state index contributed by atoms with van der Waals surface area (Å²) in [4.78, 5) is 24.4. The number of ether oxygens (including phenoxy) is 5. The number of aldehydes is 1. The molecule has 0 saturated heterocycles. The number of pyridine rings is 3. The number of rotatable bonds is 24.